The van der Waals surface area contributed by atoms with Gasteiger partial charge in [0.15, 0.2) is 5.96 Å². The van der Waals surface area contributed by atoms with E-state index in [2.05, 4.69) is 63.1 Å². The molecule has 3 saturated heterocycles. The van der Waals surface area contributed by atoms with E-state index in [-0.39, 0.29) is 145 Å². The summed E-state index contributed by atoms with van der Waals surface area (Å²) in [6.45, 7) is 6.01. The number of phenols is 1. The van der Waals surface area contributed by atoms with E-state index in [1.807, 2.05) is 70.2 Å². The number of fused-ring (bicyclic) bond motifs is 4. The van der Waals surface area contributed by atoms with E-state index in [9.17, 15) is 62.6 Å². The molecule has 3 aliphatic rings. The molecular formula is C85H123N21O16S. The van der Waals surface area contributed by atoms with Gasteiger partial charge in [0, 0.05) is 100 Å². The normalized spacial score (nSPS) is 23.7. The maximum atomic E-state index is 15.5. The van der Waals surface area contributed by atoms with Crippen molar-refractivity contribution in [2.24, 2.45) is 23.1 Å². The van der Waals surface area contributed by atoms with Gasteiger partial charge in [0.05, 0.1) is 25.3 Å². The van der Waals surface area contributed by atoms with Crippen molar-refractivity contribution in [2.45, 2.75) is 216 Å². The van der Waals surface area contributed by atoms with Crippen molar-refractivity contribution in [2.75, 3.05) is 78.5 Å². The number of thioether (sulfide) groups is 1. The van der Waals surface area contributed by atoms with E-state index < -0.39 is 175 Å². The molecule has 1 unspecified atom stereocenters. The summed E-state index contributed by atoms with van der Waals surface area (Å²) in [5.41, 5.74) is 20.7. The maximum Gasteiger partial charge on any atom is 0.246 e. The Labute approximate surface area is 720 Å². The van der Waals surface area contributed by atoms with Gasteiger partial charge in [0.2, 0.25) is 88.6 Å². The predicted octanol–water partition coefficient (Wildman–Crippen LogP) is 0.154. The number of aromatic hydroxyl groups is 1. The fourth-order valence-electron chi connectivity index (χ4n) is 15.8. The maximum absolute atomic E-state index is 15.5. The number of hydrogen-bond acceptors (Lipinski definition) is 19. The number of carbonyl (C=O) groups is 15. The highest BCUT2D eigenvalue weighted by Gasteiger charge is 2.44. The van der Waals surface area contributed by atoms with E-state index >= 15 is 14.4 Å². The average molecular weight is 1730 g/mol. The van der Waals surface area contributed by atoms with Gasteiger partial charge in [-0.25, -0.2) is 0 Å². The van der Waals surface area contributed by atoms with Crippen LogP contribution in [0.3, 0.4) is 0 Å². The van der Waals surface area contributed by atoms with Crippen molar-refractivity contribution < 1.29 is 77.0 Å². The van der Waals surface area contributed by atoms with Crippen molar-refractivity contribution >= 4 is 128 Å². The van der Waals surface area contributed by atoms with Gasteiger partial charge in [-0.05, 0) is 130 Å². The van der Waals surface area contributed by atoms with Crippen molar-refractivity contribution in [1.29, 1.82) is 5.41 Å². The minimum atomic E-state index is -1.66. The van der Waals surface area contributed by atoms with Gasteiger partial charge < -0.3 is 110 Å². The highest BCUT2D eigenvalue weighted by atomic mass is 32.2. The van der Waals surface area contributed by atoms with Crippen LogP contribution in [0.2, 0.25) is 0 Å². The van der Waals surface area contributed by atoms with E-state index in [1.165, 1.54) is 48.0 Å². The number of nitrogens with one attached hydrogen (secondary N) is 13. The monoisotopic (exact) mass is 1730 g/mol. The van der Waals surface area contributed by atoms with Crippen LogP contribution in [0.5, 0.6) is 5.75 Å². The first-order valence-corrected chi connectivity index (χ1v) is 43.5. The Morgan fingerprint density at radius 2 is 1.07 bits per heavy atom. The van der Waals surface area contributed by atoms with Crippen molar-refractivity contribution in [3.63, 3.8) is 0 Å². The van der Waals surface area contributed by atoms with Gasteiger partial charge in [-0.15, -0.1) is 0 Å². The lowest BCUT2D eigenvalue weighted by atomic mass is 10.00. The molecular weight excluding hydrogens is 1600 g/mol. The second-order valence-electron chi connectivity index (χ2n) is 32.1. The molecule has 0 aliphatic carbocycles. The van der Waals surface area contributed by atoms with E-state index in [0.717, 1.165) is 43.4 Å². The molecule has 20 N–H and O–H groups in total. The summed E-state index contributed by atoms with van der Waals surface area (Å²) in [6, 6.07) is 6.30. The van der Waals surface area contributed by atoms with Crippen LogP contribution < -0.4 is 70.4 Å². The van der Waals surface area contributed by atoms with Crippen LogP contribution in [-0.2, 0) is 91.2 Å². The minimum absolute atomic E-state index is 0.00634. The lowest BCUT2D eigenvalue weighted by molar-refractivity contribution is -0.149. The third-order valence-corrected chi connectivity index (χ3v) is 23.3. The Morgan fingerprint density at radius 3 is 1.66 bits per heavy atom. The molecule has 670 valence electrons. The number of nitrogens with two attached hydrogens (primary N) is 3. The molecule has 11 atom stereocenters. The summed E-state index contributed by atoms with van der Waals surface area (Å²) in [7, 11) is 4.18. The third kappa shape index (κ3) is 28.1. The number of hydrogen-bond donors (Lipinski definition) is 17. The Balaban J connectivity index is 1.12. The molecule has 37 nitrogen and oxygen atoms in total. The number of amides is 15. The van der Waals surface area contributed by atoms with Gasteiger partial charge in [-0.3, -0.25) is 77.3 Å². The summed E-state index contributed by atoms with van der Waals surface area (Å²) in [4.78, 5) is 231. The van der Waals surface area contributed by atoms with Gasteiger partial charge >= 0.3 is 0 Å². The Bertz CT molecular complexity index is 4540. The number of para-hydroxylation sites is 2. The lowest BCUT2D eigenvalue weighted by Gasteiger charge is -2.36. The number of aromatic nitrogens is 2. The van der Waals surface area contributed by atoms with Crippen LogP contribution in [0.15, 0.2) is 85.2 Å². The van der Waals surface area contributed by atoms with Crippen LogP contribution in [0, 0.1) is 11.3 Å². The smallest absolute Gasteiger partial charge is 0.246 e. The van der Waals surface area contributed by atoms with Crippen LogP contribution >= 0.6 is 11.8 Å². The number of benzene rings is 3. The molecule has 5 aromatic rings. The van der Waals surface area contributed by atoms with Crippen LogP contribution in [0.4, 0.5) is 0 Å². The Kier molecular flexibility index (Phi) is 37.4. The molecule has 0 radical (unpaired) electrons. The third-order valence-electron chi connectivity index (χ3n) is 22.3. The largest absolute Gasteiger partial charge is 0.508 e. The summed E-state index contributed by atoms with van der Waals surface area (Å²) in [5.74, 6) is -12.1. The fraction of sp³-hybridized carbons (Fsp3) is 0.553. The zero-order chi connectivity index (χ0) is 89.6. The predicted molar refractivity (Wildman–Crippen MR) is 463 cm³/mol. The van der Waals surface area contributed by atoms with Gasteiger partial charge in [0.25, 0.3) is 0 Å². The zero-order valence-corrected chi connectivity index (χ0v) is 72.1. The number of primary amides is 1. The average Bonchev–Trinajstić information content (AvgIpc) is 1.68. The molecule has 123 heavy (non-hydrogen) atoms. The van der Waals surface area contributed by atoms with Crippen LogP contribution in [0.1, 0.15) is 147 Å². The number of likely N-dealkylation sites (N-methyl/N-ethyl adjacent to an activating group) is 3. The van der Waals surface area contributed by atoms with E-state index in [1.54, 1.807) is 30.6 Å². The number of guanidine groups is 1. The molecule has 3 aliphatic heterocycles. The lowest BCUT2D eigenvalue weighted by Crippen LogP contribution is -2.60. The Hall–Kier alpha value is -11.8. The molecule has 8 rings (SSSR count). The summed E-state index contributed by atoms with van der Waals surface area (Å²) < 4.78 is 0. The van der Waals surface area contributed by atoms with E-state index in [0.29, 0.717) is 48.8 Å². The SMILES string of the molecule is CCCC[C@H]1C(=O)N(C)[C@@H](CCCC)C(=O)N[C@@H](CCCNC(=N)N)C(=O)NCCSCC(=O)N[C@@H](CCc2ccc(O)cc2)C(=O)N(C)CC(=O)N[C@@H](CC(N)=O)C(=O)N2CCCC2C(=O)N[C@@H](CCN)C(=O)N[C@@H](CC(C)C)C(=O)N2CCC[C@H]2C(=O)N[C@@H](Cc2c[nH]c3ccccc23)C(=O)NCC(=O)N[C@@H](Cc2c[nH]c3ccccc23)C(=O)N1C. The first kappa shape index (κ1) is 96.6. The number of aromatic amines is 2. The second-order valence-corrected chi connectivity index (χ2v) is 33.3. The summed E-state index contributed by atoms with van der Waals surface area (Å²) in [5, 5.41) is 46.8. The molecule has 3 fully saturated rings. The highest BCUT2D eigenvalue weighted by Crippen LogP contribution is 2.27. The minimum Gasteiger partial charge on any atom is -0.508 e. The number of aryl methyl sites for hydroxylation is 1. The first-order valence-electron chi connectivity index (χ1n) is 42.4. The van der Waals surface area contributed by atoms with E-state index in [4.69, 9.17) is 22.6 Å². The van der Waals surface area contributed by atoms with Crippen molar-refractivity contribution in [3.8, 4) is 5.75 Å². The molecule has 38 heteroatoms. The number of nitrogens with zero attached hydrogens (tertiary/aromatic N) is 5. The van der Waals surface area contributed by atoms with Crippen molar-refractivity contribution in [1.82, 2.24) is 87.6 Å². The van der Waals surface area contributed by atoms with Gasteiger partial charge in [-0.1, -0.05) is 102 Å². The number of phenolic OH excluding ortho intramolecular Hbond substituents is 1. The molecule has 15 amide bonds. The standard InChI is InChI=1S/C85H123N21O16S/c1-8-10-24-66-77(115)98-59(23-16-36-91-85(88)89)74(112)90-37-40-123-49-73(111)95-61(33-30-51-28-31-54(107)32-29-51)80(118)102(5)48-72(110)97-65(44-70(87)108)83(121)106-39-17-26-67(106)78(116)99-60(34-35-86)76(114)101-63(41-50(3)4)82(120)105-38-18-27-68(105)79(117)100-62(42-52-45-92-57-21-14-12-19-55(52)57)75(113)94-47-71(109)96-64(43-53-46-93-58-22-15-13-20-56(53)58)81(119)104(7)69(25-11-9-2)84(122)103(66)6/h12-15,19-22,28-29,31-32,45-46,50,59-69,92-93,107H,8-11,16-18,23-27,30,33-44,47-49,86H2,1-7H3,(H2,87,108)(H,90,112)(H,94,113)(H,95,111)(H,96,109)(H,97,110)(H,98,115)(H,99,116)(H,100,117)(H,101,114)(H4,88,89,91)/t59-,60-,61-,62-,63-,64-,65-,66-,67?,68-,69-/m0/s1. The van der Waals surface area contributed by atoms with Gasteiger partial charge in [0.1, 0.15) is 72.2 Å². The second kappa shape index (κ2) is 47.6. The first-order chi connectivity index (χ1) is 58.8. The van der Waals surface area contributed by atoms with Crippen LogP contribution in [-0.4, -0.2) is 279 Å². The molecule has 2 aromatic heterocycles. The highest BCUT2D eigenvalue weighted by molar-refractivity contribution is 7.99. The quantitative estimate of drug-likeness (QED) is 0.0235. The number of unbranched alkanes of at least 4 members (excludes halogenated alkanes) is 2. The molecule has 0 saturated carbocycles. The molecule has 3 aromatic carbocycles. The fourth-order valence-corrected chi connectivity index (χ4v) is 16.4. The number of H-pyrrole nitrogens is 2. The molecule has 0 spiro atoms. The number of carbonyl (C=O) groups excluding carboxylic acids is 15. The van der Waals surface area contributed by atoms with Crippen LogP contribution in [0.25, 0.3) is 21.8 Å². The zero-order valence-electron chi connectivity index (χ0n) is 71.3. The van der Waals surface area contributed by atoms with Crippen molar-refractivity contribution in [3.05, 3.63) is 102 Å². The molecule has 5 heterocycles. The molecule has 0 bridgehead atoms. The topological polar surface area (TPSA) is 546 Å². The van der Waals surface area contributed by atoms with Gasteiger partial charge in [-0.2, -0.15) is 11.8 Å². The number of rotatable bonds is 23. The summed E-state index contributed by atoms with van der Waals surface area (Å²) in [6.07, 6.45) is 5.90. The Morgan fingerprint density at radius 1 is 0.545 bits per heavy atom. The summed E-state index contributed by atoms with van der Waals surface area (Å²) >= 11 is 1.09.